The molecular formula is C18H25N5OS. The van der Waals surface area contributed by atoms with E-state index < -0.39 is 0 Å². The van der Waals surface area contributed by atoms with Crippen LogP contribution in [0.2, 0.25) is 0 Å². The van der Waals surface area contributed by atoms with Crippen molar-refractivity contribution in [2.24, 2.45) is 5.41 Å². The van der Waals surface area contributed by atoms with E-state index in [0.29, 0.717) is 11.5 Å². The van der Waals surface area contributed by atoms with E-state index in [4.69, 9.17) is 4.74 Å². The highest BCUT2D eigenvalue weighted by Gasteiger charge is 2.46. The van der Waals surface area contributed by atoms with E-state index in [1.54, 1.807) is 18.4 Å². The summed E-state index contributed by atoms with van der Waals surface area (Å²) in [5.41, 5.74) is 0.363. The van der Waals surface area contributed by atoms with Gasteiger partial charge in [-0.3, -0.25) is 4.90 Å². The number of ether oxygens (including phenoxy) is 1. The number of anilines is 1. The molecule has 4 rings (SSSR count). The van der Waals surface area contributed by atoms with E-state index in [1.165, 1.54) is 24.3 Å². The predicted molar refractivity (Wildman–Crippen MR) is 98.7 cm³/mol. The Labute approximate surface area is 152 Å². The molecule has 1 atom stereocenters. The second-order valence-corrected chi connectivity index (χ2v) is 8.17. The molecule has 0 unspecified atom stereocenters. The second kappa shape index (κ2) is 7.35. The monoisotopic (exact) mass is 359 g/mol. The van der Waals surface area contributed by atoms with E-state index in [9.17, 15) is 0 Å². The van der Waals surface area contributed by atoms with Crippen LogP contribution >= 0.6 is 11.3 Å². The summed E-state index contributed by atoms with van der Waals surface area (Å²) in [6.07, 6.45) is 9.17. The van der Waals surface area contributed by atoms with Gasteiger partial charge in [0.15, 0.2) is 0 Å². The van der Waals surface area contributed by atoms with Gasteiger partial charge in [-0.05, 0) is 43.8 Å². The third-order valence-corrected chi connectivity index (χ3v) is 6.31. The lowest BCUT2D eigenvalue weighted by Crippen LogP contribution is -2.41. The Kier molecular flexibility index (Phi) is 4.96. The van der Waals surface area contributed by atoms with Gasteiger partial charge in [0.25, 0.3) is 0 Å². The molecule has 0 bridgehead atoms. The van der Waals surface area contributed by atoms with Crippen molar-refractivity contribution in [1.29, 1.82) is 0 Å². The van der Waals surface area contributed by atoms with Crippen molar-refractivity contribution in [3.05, 3.63) is 35.0 Å². The minimum Gasteiger partial charge on any atom is -0.383 e. The number of hydrogen-bond acceptors (Lipinski definition) is 7. The zero-order valence-corrected chi connectivity index (χ0v) is 15.5. The van der Waals surface area contributed by atoms with Crippen molar-refractivity contribution < 1.29 is 4.74 Å². The average molecular weight is 359 g/mol. The van der Waals surface area contributed by atoms with Crippen molar-refractivity contribution in [2.45, 2.75) is 31.8 Å². The summed E-state index contributed by atoms with van der Waals surface area (Å²) >= 11 is 1.75. The molecule has 2 aromatic rings. The quantitative estimate of drug-likeness (QED) is 0.817. The molecule has 0 N–H and O–H groups in total. The molecule has 134 valence electrons. The molecule has 0 radical (unpaired) electrons. The zero-order valence-electron chi connectivity index (χ0n) is 14.7. The molecule has 0 aromatic carbocycles. The number of nitrogens with zero attached hydrogens (tertiary/aromatic N) is 5. The van der Waals surface area contributed by atoms with Crippen LogP contribution in [-0.2, 0) is 11.3 Å². The van der Waals surface area contributed by atoms with Crippen molar-refractivity contribution in [3.8, 4) is 0 Å². The lowest BCUT2D eigenvalue weighted by molar-refractivity contribution is 0.106. The topological polar surface area (TPSA) is 54.4 Å². The summed E-state index contributed by atoms with van der Waals surface area (Å²) in [5, 5.41) is 3.28. The highest BCUT2D eigenvalue weighted by molar-refractivity contribution is 7.09. The molecule has 2 aliphatic heterocycles. The van der Waals surface area contributed by atoms with Crippen molar-refractivity contribution in [1.82, 2.24) is 19.9 Å². The van der Waals surface area contributed by atoms with Gasteiger partial charge in [0.2, 0.25) is 5.95 Å². The molecule has 1 spiro atoms. The molecule has 2 aliphatic rings. The Hall–Kier alpha value is -1.57. The lowest BCUT2D eigenvalue weighted by Gasteiger charge is -2.39. The molecule has 0 saturated carbocycles. The molecule has 0 aliphatic carbocycles. The molecule has 7 heteroatoms. The third-order valence-electron chi connectivity index (χ3n) is 5.54. The Balaban J connectivity index is 1.42. The van der Waals surface area contributed by atoms with Crippen LogP contribution in [0, 0.1) is 5.41 Å². The van der Waals surface area contributed by atoms with Crippen LogP contribution < -0.4 is 4.90 Å². The summed E-state index contributed by atoms with van der Waals surface area (Å²) in [6, 6.07) is 2.25. The minimum absolute atomic E-state index is 0.363. The Bertz CT molecular complexity index is 657. The summed E-state index contributed by atoms with van der Waals surface area (Å²) in [5.74, 6) is 0.839. The number of methoxy groups -OCH3 is 1. The van der Waals surface area contributed by atoms with E-state index >= 15 is 0 Å². The van der Waals surface area contributed by atoms with Gasteiger partial charge in [-0.15, -0.1) is 11.3 Å². The van der Waals surface area contributed by atoms with Gasteiger partial charge in [0, 0.05) is 37.6 Å². The van der Waals surface area contributed by atoms with E-state index in [-0.39, 0.29) is 0 Å². The number of aromatic nitrogens is 3. The maximum Gasteiger partial charge on any atom is 0.225 e. The van der Waals surface area contributed by atoms with Gasteiger partial charge in [0.1, 0.15) is 5.01 Å². The predicted octanol–water partition coefficient (Wildman–Crippen LogP) is 2.44. The van der Waals surface area contributed by atoms with Gasteiger partial charge < -0.3 is 9.64 Å². The smallest absolute Gasteiger partial charge is 0.225 e. The Morgan fingerprint density at radius 1 is 1.20 bits per heavy atom. The van der Waals surface area contributed by atoms with Gasteiger partial charge in [0.05, 0.1) is 19.2 Å². The first-order valence-corrected chi connectivity index (χ1v) is 9.79. The molecule has 2 aromatic heterocycles. The van der Waals surface area contributed by atoms with E-state index in [1.807, 2.05) is 24.7 Å². The van der Waals surface area contributed by atoms with Gasteiger partial charge in [-0.25, -0.2) is 15.0 Å². The maximum atomic E-state index is 5.49. The normalized spacial score (nSPS) is 23.4. The number of hydrogen-bond donors (Lipinski definition) is 0. The second-order valence-electron chi connectivity index (χ2n) is 7.19. The number of likely N-dealkylation sites (tertiary alicyclic amines) is 1. The van der Waals surface area contributed by atoms with Crippen LogP contribution in [-0.4, -0.2) is 59.2 Å². The number of piperidine rings is 1. The van der Waals surface area contributed by atoms with Crippen molar-refractivity contribution in [3.63, 3.8) is 0 Å². The van der Waals surface area contributed by atoms with Crippen molar-refractivity contribution in [2.75, 3.05) is 38.3 Å². The van der Waals surface area contributed by atoms with Crippen LogP contribution in [0.15, 0.2) is 30.0 Å². The fourth-order valence-electron chi connectivity index (χ4n) is 4.25. The SMILES string of the molecule is COC[C@@H]1CC2(CCN(Cc3nccs3)CC2)CN1c1ncccn1. The molecular weight excluding hydrogens is 334 g/mol. The first kappa shape index (κ1) is 16.9. The molecule has 2 fully saturated rings. The summed E-state index contributed by atoms with van der Waals surface area (Å²) in [4.78, 5) is 18.3. The zero-order chi connectivity index (χ0) is 17.1. The van der Waals surface area contributed by atoms with Crippen LogP contribution in [0.5, 0.6) is 0 Å². The van der Waals surface area contributed by atoms with E-state index in [0.717, 1.165) is 38.7 Å². The van der Waals surface area contributed by atoms with Gasteiger partial charge in [-0.2, -0.15) is 0 Å². The Morgan fingerprint density at radius 3 is 2.68 bits per heavy atom. The van der Waals surface area contributed by atoms with Crippen molar-refractivity contribution >= 4 is 17.3 Å². The largest absolute Gasteiger partial charge is 0.383 e. The summed E-state index contributed by atoms with van der Waals surface area (Å²) < 4.78 is 5.49. The third kappa shape index (κ3) is 3.68. The minimum atomic E-state index is 0.363. The van der Waals surface area contributed by atoms with Crippen LogP contribution in [0.1, 0.15) is 24.3 Å². The van der Waals surface area contributed by atoms with Gasteiger partial charge >= 0.3 is 0 Å². The molecule has 0 amide bonds. The lowest BCUT2D eigenvalue weighted by atomic mass is 9.76. The van der Waals surface area contributed by atoms with Crippen LogP contribution in [0.4, 0.5) is 5.95 Å². The number of thiazole rings is 1. The fraction of sp³-hybridized carbons (Fsp3) is 0.611. The van der Waals surface area contributed by atoms with E-state index in [2.05, 4.69) is 30.1 Å². The molecule has 4 heterocycles. The summed E-state index contributed by atoms with van der Waals surface area (Å²) in [7, 11) is 1.78. The molecule has 2 saturated heterocycles. The average Bonchev–Trinajstić information content (AvgIpc) is 3.27. The first-order chi connectivity index (χ1) is 12.3. The summed E-state index contributed by atoms with van der Waals surface area (Å²) in [6.45, 7) is 5.05. The molecule has 25 heavy (non-hydrogen) atoms. The van der Waals surface area contributed by atoms with Crippen LogP contribution in [0.3, 0.4) is 0 Å². The highest BCUT2D eigenvalue weighted by Crippen LogP contribution is 2.44. The maximum absolute atomic E-state index is 5.49. The number of rotatable bonds is 5. The Morgan fingerprint density at radius 2 is 2.00 bits per heavy atom. The standard InChI is InChI=1S/C18H25N5OS/c1-24-13-15-11-18(14-23(15)17-20-5-2-6-21-17)3-8-22(9-4-18)12-16-19-7-10-25-16/h2,5-7,10,15H,3-4,8-9,11-14H2,1H3/t15-/m0/s1. The highest BCUT2D eigenvalue weighted by atomic mass is 32.1. The molecule has 6 nitrogen and oxygen atoms in total. The van der Waals surface area contributed by atoms with Crippen LogP contribution in [0.25, 0.3) is 0 Å². The fourth-order valence-corrected chi connectivity index (χ4v) is 4.91. The first-order valence-electron chi connectivity index (χ1n) is 8.91. The van der Waals surface area contributed by atoms with Gasteiger partial charge in [-0.1, -0.05) is 0 Å².